The van der Waals surface area contributed by atoms with Crippen molar-refractivity contribution in [2.75, 3.05) is 59.2 Å². The van der Waals surface area contributed by atoms with E-state index in [1.165, 1.54) is 23.3 Å². The molecule has 10 heteroatoms. The summed E-state index contributed by atoms with van der Waals surface area (Å²) < 4.78 is 25.9. The van der Waals surface area contributed by atoms with Gasteiger partial charge >= 0.3 is 0 Å². The van der Waals surface area contributed by atoms with Gasteiger partial charge in [-0.2, -0.15) is 0 Å². The number of rotatable bonds is 7. The Balaban J connectivity index is 1.64. The van der Waals surface area contributed by atoms with E-state index in [0.717, 1.165) is 26.2 Å². The third-order valence-corrected chi connectivity index (χ3v) is 8.21. The zero-order chi connectivity index (χ0) is 21.7. The van der Waals surface area contributed by atoms with Gasteiger partial charge in [0.15, 0.2) is 5.11 Å². The van der Waals surface area contributed by atoms with E-state index >= 15 is 0 Å². The number of nitrogens with one attached hydrogen (secondary N) is 2. The second kappa shape index (κ2) is 10.2. The smallest absolute Gasteiger partial charge is 0.242 e. The van der Waals surface area contributed by atoms with Crippen LogP contribution in [0.4, 0.5) is 5.69 Å². The number of benzene rings is 1. The van der Waals surface area contributed by atoms with Gasteiger partial charge in [-0.1, -0.05) is 12.1 Å². The molecule has 0 saturated carbocycles. The minimum Gasteiger partial charge on any atom is -0.360 e. The minimum atomic E-state index is -3.49. The molecule has 0 bridgehead atoms. The molecule has 0 aliphatic carbocycles. The summed E-state index contributed by atoms with van der Waals surface area (Å²) >= 11 is 7.24. The molecule has 1 aromatic carbocycles. The van der Waals surface area contributed by atoms with Crippen LogP contribution in [0.15, 0.2) is 46.7 Å². The van der Waals surface area contributed by atoms with Crippen molar-refractivity contribution in [3.8, 4) is 0 Å². The normalized spacial score (nSPS) is 17.1. The van der Waals surface area contributed by atoms with E-state index < -0.39 is 10.0 Å². The maximum atomic E-state index is 12.4. The van der Waals surface area contributed by atoms with E-state index in [4.69, 9.17) is 12.2 Å². The summed E-state index contributed by atoms with van der Waals surface area (Å²) in [4.78, 5) is 6.38. The first-order valence-corrected chi connectivity index (χ1v) is 12.5. The lowest BCUT2D eigenvalue weighted by molar-refractivity contribution is 0.114. The van der Waals surface area contributed by atoms with Gasteiger partial charge < -0.3 is 15.5 Å². The average Bonchev–Trinajstić information content (AvgIpc) is 3.24. The Hall–Kier alpha value is -1.56. The number of likely N-dealkylation sites (N-methyl/N-ethyl adjacent to an activating group) is 1. The van der Waals surface area contributed by atoms with Crippen molar-refractivity contribution in [2.45, 2.75) is 10.9 Å². The van der Waals surface area contributed by atoms with Crippen molar-refractivity contribution >= 4 is 44.4 Å². The van der Waals surface area contributed by atoms with Gasteiger partial charge in [0.2, 0.25) is 10.0 Å². The molecule has 2 N–H and O–H groups in total. The molecule has 1 saturated heterocycles. The molecule has 30 heavy (non-hydrogen) atoms. The molecule has 1 unspecified atom stereocenters. The number of nitrogens with zero attached hydrogens (tertiary/aromatic N) is 3. The number of sulfonamides is 1. The second-order valence-electron chi connectivity index (χ2n) is 7.52. The summed E-state index contributed by atoms with van der Waals surface area (Å²) in [5.41, 5.74) is 0.641. The molecule has 164 valence electrons. The zero-order valence-electron chi connectivity index (χ0n) is 17.5. The van der Waals surface area contributed by atoms with Crippen LogP contribution in [0.1, 0.15) is 10.9 Å². The molecule has 3 rings (SSSR count). The highest BCUT2D eigenvalue weighted by atomic mass is 32.2. The predicted molar refractivity (Wildman–Crippen MR) is 128 cm³/mol. The fourth-order valence-corrected chi connectivity index (χ4v) is 5.34. The SMILES string of the molecule is CN1CCN(C(CNC(=S)Nc2cccc(S(=O)(=O)N(C)C)c2)c2cccs2)CC1. The van der Waals surface area contributed by atoms with Crippen molar-refractivity contribution in [1.82, 2.24) is 19.4 Å². The highest BCUT2D eigenvalue weighted by Crippen LogP contribution is 2.25. The number of thiophene rings is 1. The average molecular weight is 468 g/mol. The van der Waals surface area contributed by atoms with E-state index in [2.05, 4.69) is 45.0 Å². The van der Waals surface area contributed by atoms with Gasteiger partial charge in [-0.05, 0) is 48.9 Å². The van der Waals surface area contributed by atoms with Crippen LogP contribution in [0.3, 0.4) is 0 Å². The van der Waals surface area contributed by atoms with E-state index in [0.29, 0.717) is 17.3 Å². The van der Waals surface area contributed by atoms with Crippen LogP contribution >= 0.6 is 23.6 Å². The molecule has 0 spiro atoms. The van der Waals surface area contributed by atoms with Crippen LogP contribution in [0.25, 0.3) is 0 Å². The molecule has 0 radical (unpaired) electrons. The van der Waals surface area contributed by atoms with E-state index in [9.17, 15) is 8.42 Å². The Kier molecular flexibility index (Phi) is 7.83. The first-order chi connectivity index (χ1) is 14.3. The Bertz CT molecular complexity index is 939. The van der Waals surface area contributed by atoms with Gasteiger partial charge in [-0.3, -0.25) is 4.90 Å². The topological polar surface area (TPSA) is 67.9 Å². The molecule has 1 atom stereocenters. The lowest BCUT2D eigenvalue weighted by Gasteiger charge is -2.37. The third kappa shape index (κ3) is 5.77. The van der Waals surface area contributed by atoms with Crippen molar-refractivity contribution in [3.05, 3.63) is 46.7 Å². The predicted octanol–water partition coefficient (Wildman–Crippen LogP) is 2.27. The molecule has 1 aliphatic rings. The van der Waals surface area contributed by atoms with Gasteiger partial charge in [0, 0.05) is 57.4 Å². The first kappa shape index (κ1) is 23.1. The Labute approximate surface area is 188 Å². The summed E-state index contributed by atoms with van der Waals surface area (Å²) in [6.07, 6.45) is 0. The Morgan fingerprint density at radius 1 is 1.20 bits per heavy atom. The largest absolute Gasteiger partial charge is 0.360 e. The fraction of sp³-hybridized carbons (Fsp3) is 0.450. The van der Waals surface area contributed by atoms with Crippen LogP contribution in [0, 0.1) is 0 Å². The molecule has 1 aliphatic heterocycles. The van der Waals surface area contributed by atoms with Crippen LogP contribution in [0.5, 0.6) is 0 Å². The standard InChI is InChI=1S/C20H29N5O2S3/c1-23(2)30(26,27)17-7-4-6-16(14-17)22-20(28)21-15-18(19-8-5-13-29-19)25-11-9-24(3)10-12-25/h4-8,13-14,18H,9-12,15H2,1-3H3,(H2,21,22,28). The zero-order valence-corrected chi connectivity index (χ0v) is 20.0. The summed E-state index contributed by atoms with van der Waals surface area (Å²) in [5, 5.41) is 9.02. The molecule has 0 amide bonds. The van der Waals surface area contributed by atoms with Crippen LogP contribution in [-0.2, 0) is 10.0 Å². The number of piperazine rings is 1. The quantitative estimate of drug-likeness (QED) is 0.606. The van der Waals surface area contributed by atoms with Crippen LogP contribution in [0.2, 0.25) is 0 Å². The lowest BCUT2D eigenvalue weighted by atomic mass is 10.1. The van der Waals surface area contributed by atoms with Crippen molar-refractivity contribution in [2.24, 2.45) is 0 Å². The highest BCUT2D eigenvalue weighted by Gasteiger charge is 2.25. The molecular formula is C20H29N5O2S3. The van der Waals surface area contributed by atoms with Crippen LogP contribution in [-0.4, -0.2) is 81.5 Å². The molecule has 2 aromatic rings. The Morgan fingerprint density at radius 3 is 2.57 bits per heavy atom. The third-order valence-electron chi connectivity index (χ3n) is 5.18. The molecule has 7 nitrogen and oxygen atoms in total. The molecule has 2 heterocycles. The van der Waals surface area contributed by atoms with E-state index in [1.807, 2.05) is 0 Å². The highest BCUT2D eigenvalue weighted by molar-refractivity contribution is 7.89. The Morgan fingerprint density at radius 2 is 1.93 bits per heavy atom. The van der Waals surface area contributed by atoms with E-state index in [-0.39, 0.29) is 10.9 Å². The fourth-order valence-electron chi connectivity index (χ4n) is 3.33. The van der Waals surface area contributed by atoms with Crippen molar-refractivity contribution in [1.29, 1.82) is 0 Å². The molecular weight excluding hydrogens is 438 g/mol. The number of hydrogen-bond donors (Lipinski definition) is 2. The molecule has 1 fully saturated rings. The van der Waals surface area contributed by atoms with Crippen LogP contribution < -0.4 is 10.6 Å². The number of hydrogen-bond acceptors (Lipinski definition) is 6. The van der Waals surface area contributed by atoms with Gasteiger partial charge in [-0.15, -0.1) is 11.3 Å². The second-order valence-corrected chi connectivity index (χ2v) is 11.1. The first-order valence-electron chi connectivity index (χ1n) is 9.81. The summed E-state index contributed by atoms with van der Waals surface area (Å²) in [5.74, 6) is 0. The molecule has 1 aromatic heterocycles. The monoisotopic (exact) mass is 467 g/mol. The summed E-state index contributed by atoms with van der Waals surface area (Å²) in [7, 11) is 1.70. The van der Waals surface area contributed by atoms with Gasteiger partial charge in [-0.25, -0.2) is 12.7 Å². The van der Waals surface area contributed by atoms with Gasteiger partial charge in [0.05, 0.1) is 10.9 Å². The van der Waals surface area contributed by atoms with Crippen molar-refractivity contribution < 1.29 is 8.42 Å². The maximum Gasteiger partial charge on any atom is 0.242 e. The maximum absolute atomic E-state index is 12.4. The van der Waals surface area contributed by atoms with E-state index in [1.54, 1.807) is 35.6 Å². The lowest BCUT2D eigenvalue weighted by Crippen LogP contribution is -2.48. The van der Waals surface area contributed by atoms with Gasteiger partial charge in [0.1, 0.15) is 0 Å². The number of anilines is 1. The summed E-state index contributed by atoms with van der Waals surface area (Å²) in [6, 6.07) is 11.2. The number of thiocarbonyl (C=S) groups is 1. The van der Waals surface area contributed by atoms with Crippen molar-refractivity contribution in [3.63, 3.8) is 0 Å². The minimum absolute atomic E-state index is 0.231. The van der Waals surface area contributed by atoms with Gasteiger partial charge in [0.25, 0.3) is 0 Å². The summed E-state index contributed by atoms with van der Waals surface area (Å²) in [6.45, 7) is 4.83.